The Hall–Kier alpha value is -0.910. The fourth-order valence-electron chi connectivity index (χ4n) is 1.72. The van der Waals surface area contributed by atoms with Crippen LogP contribution >= 0.6 is 11.3 Å². The van der Waals surface area contributed by atoms with E-state index in [1.165, 1.54) is 11.3 Å². The normalized spacial score (nSPS) is 21.1. The molecule has 88 valence electrons. The summed E-state index contributed by atoms with van der Waals surface area (Å²) in [7, 11) is 0. The molecular formula is C11H15NO3S. The quantitative estimate of drug-likeness (QED) is 0.836. The van der Waals surface area contributed by atoms with Crippen molar-refractivity contribution in [3.63, 3.8) is 0 Å². The van der Waals surface area contributed by atoms with Gasteiger partial charge in [-0.25, -0.2) is 0 Å². The predicted octanol–water partition coefficient (Wildman–Crippen LogP) is 0.890. The van der Waals surface area contributed by atoms with Gasteiger partial charge < -0.3 is 14.7 Å². The number of carbonyl (C=O) groups is 1. The summed E-state index contributed by atoms with van der Waals surface area (Å²) >= 11 is 1.50. The van der Waals surface area contributed by atoms with Gasteiger partial charge in [-0.15, -0.1) is 11.3 Å². The highest BCUT2D eigenvalue weighted by molar-refractivity contribution is 7.13. The standard InChI is InChI=1S/C11H15NO3S/c1-8-2-3-10(16-8)11(14)12-4-5-15-9(6-12)7-13/h2-3,9,13H,4-7H2,1H3. The van der Waals surface area contributed by atoms with Gasteiger partial charge in [0.25, 0.3) is 5.91 Å². The minimum atomic E-state index is -0.237. The van der Waals surface area contributed by atoms with Crippen LogP contribution in [-0.2, 0) is 4.74 Å². The molecule has 1 fully saturated rings. The fourth-order valence-corrected chi connectivity index (χ4v) is 2.56. The van der Waals surface area contributed by atoms with Crippen molar-refractivity contribution in [2.45, 2.75) is 13.0 Å². The van der Waals surface area contributed by atoms with Crippen molar-refractivity contribution in [3.8, 4) is 0 Å². The van der Waals surface area contributed by atoms with E-state index in [1.807, 2.05) is 19.1 Å². The lowest BCUT2D eigenvalue weighted by molar-refractivity contribution is -0.0446. The predicted molar refractivity (Wildman–Crippen MR) is 61.8 cm³/mol. The highest BCUT2D eigenvalue weighted by atomic mass is 32.1. The molecule has 1 N–H and O–H groups in total. The fraction of sp³-hybridized carbons (Fsp3) is 0.545. The summed E-state index contributed by atoms with van der Waals surface area (Å²) in [4.78, 5) is 15.7. The van der Waals surface area contributed by atoms with Crippen molar-refractivity contribution >= 4 is 17.2 Å². The lowest BCUT2D eigenvalue weighted by atomic mass is 10.2. The Labute approximate surface area is 98.4 Å². The summed E-state index contributed by atoms with van der Waals surface area (Å²) in [6.07, 6.45) is -0.237. The molecule has 1 atom stereocenters. The monoisotopic (exact) mass is 241 g/mol. The van der Waals surface area contributed by atoms with Crippen molar-refractivity contribution in [3.05, 3.63) is 21.9 Å². The number of nitrogens with zero attached hydrogens (tertiary/aromatic N) is 1. The Balaban J connectivity index is 2.04. The van der Waals surface area contributed by atoms with Crippen molar-refractivity contribution < 1.29 is 14.6 Å². The minimum absolute atomic E-state index is 0.0345. The Morgan fingerprint density at radius 2 is 2.50 bits per heavy atom. The smallest absolute Gasteiger partial charge is 0.264 e. The third-order valence-electron chi connectivity index (χ3n) is 2.58. The van der Waals surface area contributed by atoms with Gasteiger partial charge in [-0.3, -0.25) is 4.79 Å². The first kappa shape index (κ1) is 11.6. The molecule has 2 rings (SSSR count). The Morgan fingerprint density at radius 1 is 1.69 bits per heavy atom. The van der Waals surface area contributed by atoms with E-state index in [4.69, 9.17) is 9.84 Å². The zero-order chi connectivity index (χ0) is 11.5. The molecule has 1 saturated heterocycles. The van der Waals surface area contributed by atoms with E-state index in [1.54, 1.807) is 4.90 Å². The zero-order valence-electron chi connectivity index (χ0n) is 9.18. The van der Waals surface area contributed by atoms with E-state index >= 15 is 0 Å². The van der Waals surface area contributed by atoms with Gasteiger partial charge in [-0.1, -0.05) is 0 Å². The van der Waals surface area contributed by atoms with E-state index in [-0.39, 0.29) is 18.6 Å². The van der Waals surface area contributed by atoms with Crippen LogP contribution in [0.3, 0.4) is 0 Å². The maximum absolute atomic E-state index is 12.1. The lowest BCUT2D eigenvalue weighted by Crippen LogP contribution is -2.46. The first-order valence-corrected chi connectivity index (χ1v) is 6.10. The molecule has 0 bridgehead atoms. The molecule has 0 radical (unpaired) electrons. The summed E-state index contributed by atoms with van der Waals surface area (Å²) in [6, 6.07) is 3.80. The maximum atomic E-state index is 12.1. The van der Waals surface area contributed by atoms with Crippen LogP contribution in [0.2, 0.25) is 0 Å². The van der Waals surface area contributed by atoms with Crippen molar-refractivity contribution in [1.29, 1.82) is 0 Å². The number of ether oxygens (including phenoxy) is 1. The number of morpholine rings is 1. The maximum Gasteiger partial charge on any atom is 0.264 e. The average molecular weight is 241 g/mol. The summed E-state index contributed by atoms with van der Waals surface area (Å²) in [6.45, 7) is 3.53. The molecule has 1 unspecified atom stereocenters. The number of amides is 1. The van der Waals surface area contributed by atoms with Gasteiger partial charge in [-0.05, 0) is 19.1 Å². The van der Waals surface area contributed by atoms with Gasteiger partial charge >= 0.3 is 0 Å². The van der Waals surface area contributed by atoms with Crippen molar-refractivity contribution in [2.24, 2.45) is 0 Å². The third kappa shape index (κ3) is 2.42. The first-order valence-electron chi connectivity index (χ1n) is 5.29. The number of hydrogen-bond donors (Lipinski definition) is 1. The summed E-state index contributed by atoms with van der Waals surface area (Å²) in [5.41, 5.74) is 0. The first-order chi connectivity index (χ1) is 7.70. The van der Waals surface area contributed by atoms with Gasteiger partial charge in [0.2, 0.25) is 0 Å². The van der Waals surface area contributed by atoms with Crippen LogP contribution in [0.4, 0.5) is 0 Å². The Kier molecular flexibility index (Phi) is 3.58. The molecule has 1 aromatic rings. The third-order valence-corrected chi connectivity index (χ3v) is 3.57. The second-order valence-electron chi connectivity index (χ2n) is 3.84. The number of aliphatic hydroxyl groups is 1. The summed E-state index contributed by atoms with van der Waals surface area (Å²) in [5, 5.41) is 9.00. The Morgan fingerprint density at radius 3 is 3.12 bits per heavy atom. The average Bonchev–Trinajstić information content (AvgIpc) is 2.75. The van der Waals surface area contributed by atoms with E-state index in [2.05, 4.69) is 0 Å². The molecule has 0 saturated carbocycles. The highest BCUT2D eigenvalue weighted by Gasteiger charge is 2.25. The number of carbonyl (C=O) groups excluding carboxylic acids is 1. The molecule has 1 aromatic heterocycles. The van der Waals surface area contributed by atoms with Crippen LogP contribution in [0.5, 0.6) is 0 Å². The van der Waals surface area contributed by atoms with E-state index in [0.717, 1.165) is 9.75 Å². The second kappa shape index (κ2) is 4.95. The topological polar surface area (TPSA) is 49.8 Å². The largest absolute Gasteiger partial charge is 0.394 e. The molecular weight excluding hydrogens is 226 g/mol. The molecule has 0 aromatic carbocycles. The van der Waals surface area contributed by atoms with Gasteiger partial charge in [-0.2, -0.15) is 0 Å². The molecule has 0 spiro atoms. The van der Waals surface area contributed by atoms with Crippen molar-refractivity contribution in [2.75, 3.05) is 26.3 Å². The SMILES string of the molecule is Cc1ccc(C(=O)N2CCOC(CO)C2)s1. The van der Waals surface area contributed by atoms with Gasteiger partial charge in [0.1, 0.15) is 0 Å². The molecule has 16 heavy (non-hydrogen) atoms. The molecule has 2 heterocycles. The summed E-state index contributed by atoms with van der Waals surface area (Å²) < 4.78 is 5.31. The summed E-state index contributed by atoms with van der Waals surface area (Å²) in [5.74, 6) is 0.0415. The van der Waals surface area contributed by atoms with Crippen LogP contribution in [0, 0.1) is 6.92 Å². The lowest BCUT2D eigenvalue weighted by Gasteiger charge is -2.31. The Bertz CT molecular complexity index is 377. The van der Waals surface area contributed by atoms with Crippen LogP contribution < -0.4 is 0 Å². The van der Waals surface area contributed by atoms with Crippen LogP contribution in [0.25, 0.3) is 0 Å². The molecule has 1 amide bonds. The van der Waals surface area contributed by atoms with Gasteiger partial charge in [0, 0.05) is 18.0 Å². The molecule has 1 aliphatic rings. The zero-order valence-corrected chi connectivity index (χ0v) is 10.00. The van der Waals surface area contributed by atoms with Gasteiger partial charge in [0.15, 0.2) is 0 Å². The second-order valence-corrected chi connectivity index (χ2v) is 5.12. The highest BCUT2D eigenvalue weighted by Crippen LogP contribution is 2.18. The number of thiophene rings is 1. The van der Waals surface area contributed by atoms with E-state index in [9.17, 15) is 4.79 Å². The number of rotatable bonds is 2. The van der Waals surface area contributed by atoms with E-state index < -0.39 is 0 Å². The number of hydrogen-bond acceptors (Lipinski definition) is 4. The van der Waals surface area contributed by atoms with Crippen LogP contribution in [0.1, 0.15) is 14.5 Å². The van der Waals surface area contributed by atoms with Crippen LogP contribution in [0.15, 0.2) is 12.1 Å². The van der Waals surface area contributed by atoms with Crippen LogP contribution in [-0.4, -0.2) is 48.3 Å². The number of aryl methyl sites for hydroxylation is 1. The molecule has 5 heteroatoms. The van der Waals surface area contributed by atoms with Gasteiger partial charge in [0.05, 0.1) is 24.2 Å². The molecule has 1 aliphatic heterocycles. The van der Waals surface area contributed by atoms with Crippen molar-refractivity contribution in [1.82, 2.24) is 4.90 Å². The minimum Gasteiger partial charge on any atom is -0.394 e. The molecule has 0 aliphatic carbocycles. The molecule has 4 nitrogen and oxygen atoms in total. The van der Waals surface area contributed by atoms with E-state index in [0.29, 0.717) is 19.7 Å². The number of aliphatic hydroxyl groups excluding tert-OH is 1.